The van der Waals surface area contributed by atoms with Gasteiger partial charge in [-0.3, -0.25) is 10.2 Å². The third-order valence-electron chi connectivity index (χ3n) is 1.62. The van der Waals surface area contributed by atoms with E-state index in [1.165, 1.54) is 18.2 Å². The zero-order valence-corrected chi connectivity index (χ0v) is 9.88. The summed E-state index contributed by atoms with van der Waals surface area (Å²) in [6.45, 7) is 1.04. The van der Waals surface area contributed by atoms with Crippen molar-refractivity contribution < 1.29 is 24.9 Å². The van der Waals surface area contributed by atoms with Crippen LogP contribution in [0.2, 0.25) is 0 Å². The zero-order chi connectivity index (χ0) is 14.1. The van der Waals surface area contributed by atoms with E-state index in [1.807, 2.05) is 0 Å². The fraction of sp³-hybridized carbons (Fsp3) is 0.273. The highest BCUT2D eigenvalue weighted by Gasteiger charge is 2.05. The summed E-state index contributed by atoms with van der Waals surface area (Å²) in [4.78, 5) is 9.00. The van der Waals surface area contributed by atoms with Crippen LogP contribution in [0, 0.1) is 5.41 Å². The van der Waals surface area contributed by atoms with Crippen molar-refractivity contribution in [3.8, 4) is 11.5 Å². The number of nitrogen functional groups attached to an aromatic ring is 1. The van der Waals surface area contributed by atoms with E-state index in [0.29, 0.717) is 5.56 Å². The van der Waals surface area contributed by atoms with Crippen LogP contribution in [-0.4, -0.2) is 40.3 Å². The molecule has 6 N–H and O–H groups in total. The number of nitrogens with two attached hydrogens (primary N) is 1. The van der Waals surface area contributed by atoms with Crippen LogP contribution in [0.15, 0.2) is 18.2 Å². The van der Waals surface area contributed by atoms with E-state index in [0.717, 1.165) is 6.92 Å². The molecule has 18 heavy (non-hydrogen) atoms. The number of hydrogen-bond acceptors (Lipinski definition) is 5. The Kier molecular flexibility index (Phi) is 6.91. The first-order valence-corrected chi connectivity index (χ1v) is 4.99. The molecule has 0 spiro atoms. The highest BCUT2D eigenvalue weighted by atomic mass is 16.5. The Bertz CT molecular complexity index is 416. The van der Waals surface area contributed by atoms with Crippen LogP contribution in [0.3, 0.4) is 0 Å². The van der Waals surface area contributed by atoms with Gasteiger partial charge in [-0.05, 0) is 18.2 Å². The van der Waals surface area contributed by atoms with Gasteiger partial charge in [0.05, 0.1) is 6.61 Å². The van der Waals surface area contributed by atoms with Gasteiger partial charge in [-0.15, -0.1) is 0 Å². The SMILES string of the molecule is CC(=O)O.N=C(N)c1ccc(O)c(OCCO)c1. The normalized spacial score (nSPS) is 9.00. The number of carboxylic acids is 1. The van der Waals surface area contributed by atoms with E-state index in [9.17, 15) is 5.11 Å². The number of carbonyl (C=O) groups is 1. The highest BCUT2D eigenvalue weighted by Crippen LogP contribution is 2.26. The van der Waals surface area contributed by atoms with Crippen molar-refractivity contribution in [2.24, 2.45) is 5.73 Å². The molecule has 0 amide bonds. The summed E-state index contributed by atoms with van der Waals surface area (Å²) in [7, 11) is 0. The number of carboxylic acid groups (broad SMARTS) is 1. The minimum Gasteiger partial charge on any atom is -0.504 e. The molecule has 0 aliphatic rings. The van der Waals surface area contributed by atoms with Crippen LogP contribution in [0.1, 0.15) is 12.5 Å². The lowest BCUT2D eigenvalue weighted by molar-refractivity contribution is -0.134. The first-order valence-electron chi connectivity index (χ1n) is 4.99. The number of benzene rings is 1. The van der Waals surface area contributed by atoms with Crippen molar-refractivity contribution in [3.63, 3.8) is 0 Å². The molecule has 7 heteroatoms. The summed E-state index contributed by atoms with van der Waals surface area (Å²) in [6.07, 6.45) is 0. The molecule has 0 bridgehead atoms. The molecular formula is C11H16N2O5. The molecule has 0 saturated heterocycles. The molecule has 0 saturated carbocycles. The number of phenolic OH excluding ortho intramolecular Hbond substituents is 1. The molecule has 0 aliphatic carbocycles. The molecule has 0 heterocycles. The quantitative estimate of drug-likeness (QED) is 0.384. The standard InChI is InChI=1S/C9H12N2O3.C2H4O2/c10-9(11)6-1-2-7(13)8(5-6)14-4-3-12;1-2(3)4/h1-2,5,12-13H,3-4H2,(H3,10,11);1H3,(H,3,4). The molecule has 1 rings (SSSR count). The molecule has 0 atom stereocenters. The summed E-state index contributed by atoms with van der Waals surface area (Å²) < 4.78 is 5.02. The predicted octanol–water partition coefficient (Wildman–Crippen LogP) is 0.138. The first kappa shape index (κ1) is 15.7. The smallest absolute Gasteiger partial charge is 0.300 e. The summed E-state index contributed by atoms with van der Waals surface area (Å²) in [5, 5.41) is 32.4. The Morgan fingerprint density at radius 2 is 2.06 bits per heavy atom. The van der Waals surface area contributed by atoms with Crippen LogP contribution in [0.4, 0.5) is 0 Å². The van der Waals surface area contributed by atoms with Crippen LogP contribution in [0.5, 0.6) is 11.5 Å². The summed E-state index contributed by atoms with van der Waals surface area (Å²) in [6, 6.07) is 4.36. The maximum atomic E-state index is 9.33. The number of nitrogens with one attached hydrogen (secondary N) is 1. The Balaban J connectivity index is 0.000000631. The molecule has 0 aliphatic heterocycles. The molecule has 0 radical (unpaired) electrons. The lowest BCUT2D eigenvalue weighted by atomic mass is 10.2. The van der Waals surface area contributed by atoms with Crippen molar-refractivity contribution in [2.45, 2.75) is 6.92 Å². The van der Waals surface area contributed by atoms with Gasteiger partial charge in [0, 0.05) is 12.5 Å². The second-order valence-corrected chi connectivity index (χ2v) is 3.19. The van der Waals surface area contributed by atoms with Crippen molar-refractivity contribution >= 4 is 11.8 Å². The second kappa shape index (κ2) is 7.91. The van der Waals surface area contributed by atoms with E-state index < -0.39 is 5.97 Å². The lowest BCUT2D eigenvalue weighted by Gasteiger charge is -2.07. The number of phenols is 1. The first-order chi connectivity index (χ1) is 8.38. The number of ether oxygens (including phenoxy) is 1. The molecule has 0 unspecified atom stereocenters. The number of aliphatic hydroxyl groups excluding tert-OH is 1. The van der Waals surface area contributed by atoms with Gasteiger partial charge in [-0.25, -0.2) is 0 Å². The van der Waals surface area contributed by atoms with Crippen molar-refractivity contribution in [2.75, 3.05) is 13.2 Å². The molecule has 0 fully saturated rings. The average Bonchev–Trinajstić information content (AvgIpc) is 2.27. The van der Waals surface area contributed by atoms with Gasteiger partial charge >= 0.3 is 0 Å². The maximum Gasteiger partial charge on any atom is 0.300 e. The van der Waals surface area contributed by atoms with Crippen LogP contribution in [-0.2, 0) is 4.79 Å². The molecule has 7 nitrogen and oxygen atoms in total. The van der Waals surface area contributed by atoms with E-state index in [-0.39, 0.29) is 30.5 Å². The summed E-state index contributed by atoms with van der Waals surface area (Å²) in [5.41, 5.74) is 5.73. The molecule has 0 aromatic heterocycles. The van der Waals surface area contributed by atoms with Gasteiger partial charge < -0.3 is 25.8 Å². The van der Waals surface area contributed by atoms with Gasteiger partial charge in [0.15, 0.2) is 11.5 Å². The Hall–Kier alpha value is -2.28. The zero-order valence-electron chi connectivity index (χ0n) is 9.88. The number of amidine groups is 1. The average molecular weight is 256 g/mol. The fourth-order valence-corrected chi connectivity index (χ4v) is 0.953. The largest absolute Gasteiger partial charge is 0.504 e. The Morgan fingerprint density at radius 1 is 1.50 bits per heavy atom. The predicted molar refractivity (Wildman–Crippen MR) is 65.0 cm³/mol. The van der Waals surface area contributed by atoms with Crippen LogP contribution >= 0.6 is 0 Å². The third-order valence-corrected chi connectivity index (χ3v) is 1.62. The van der Waals surface area contributed by atoms with Crippen molar-refractivity contribution in [3.05, 3.63) is 23.8 Å². The van der Waals surface area contributed by atoms with Crippen molar-refractivity contribution in [1.82, 2.24) is 0 Å². The van der Waals surface area contributed by atoms with Gasteiger partial charge in [0.2, 0.25) is 0 Å². The van der Waals surface area contributed by atoms with E-state index in [4.69, 9.17) is 30.9 Å². The minimum absolute atomic E-state index is 0.0385. The minimum atomic E-state index is -0.833. The van der Waals surface area contributed by atoms with Gasteiger partial charge in [-0.1, -0.05) is 0 Å². The number of hydrogen-bond donors (Lipinski definition) is 5. The van der Waals surface area contributed by atoms with Crippen LogP contribution < -0.4 is 10.5 Å². The van der Waals surface area contributed by atoms with Crippen LogP contribution in [0.25, 0.3) is 0 Å². The number of rotatable bonds is 4. The van der Waals surface area contributed by atoms with Crippen molar-refractivity contribution in [1.29, 1.82) is 5.41 Å². The number of aliphatic carboxylic acids is 1. The topological polar surface area (TPSA) is 137 Å². The highest BCUT2D eigenvalue weighted by molar-refractivity contribution is 5.95. The van der Waals surface area contributed by atoms with Gasteiger partial charge in [0.25, 0.3) is 5.97 Å². The van der Waals surface area contributed by atoms with Gasteiger partial charge in [0.1, 0.15) is 12.4 Å². The molecule has 1 aromatic rings. The summed E-state index contributed by atoms with van der Waals surface area (Å²) >= 11 is 0. The second-order valence-electron chi connectivity index (χ2n) is 3.19. The number of aromatic hydroxyl groups is 1. The van der Waals surface area contributed by atoms with E-state index >= 15 is 0 Å². The monoisotopic (exact) mass is 256 g/mol. The Morgan fingerprint density at radius 3 is 2.50 bits per heavy atom. The lowest BCUT2D eigenvalue weighted by Crippen LogP contribution is -2.11. The van der Waals surface area contributed by atoms with E-state index in [2.05, 4.69) is 0 Å². The third kappa shape index (κ3) is 6.33. The Labute approximate surface area is 104 Å². The molecule has 1 aromatic carbocycles. The number of aliphatic hydroxyl groups is 1. The summed E-state index contributed by atoms with van der Waals surface area (Å²) in [5.74, 6) is -0.756. The fourth-order valence-electron chi connectivity index (χ4n) is 0.953. The maximum absolute atomic E-state index is 9.33. The molecular weight excluding hydrogens is 240 g/mol. The van der Waals surface area contributed by atoms with E-state index in [1.54, 1.807) is 0 Å². The van der Waals surface area contributed by atoms with Gasteiger partial charge in [-0.2, -0.15) is 0 Å². The molecule has 100 valence electrons.